The molecule has 0 aliphatic carbocycles. The predicted molar refractivity (Wildman–Crippen MR) is 122 cm³/mol. The quantitative estimate of drug-likeness (QED) is 0.260. The number of alkyl halides is 3. The van der Waals surface area contributed by atoms with Crippen LogP contribution >= 0.6 is 0 Å². The second kappa shape index (κ2) is 9.54. The molecule has 0 fully saturated rings. The summed E-state index contributed by atoms with van der Waals surface area (Å²) in [5, 5.41) is -0.106. The second-order valence-corrected chi connectivity index (χ2v) is 7.50. The van der Waals surface area contributed by atoms with Gasteiger partial charge in [0.05, 0.1) is 31.6 Å². The number of methoxy groups -OCH3 is 2. The highest BCUT2D eigenvalue weighted by Gasteiger charge is 2.39. The minimum Gasteiger partial charge on any atom is -0.493 e. The van der Waals surface area contributed by atoms with Gasteiger partial charge in [0.1, 0.15) is 11.3 Å². The van der Waals surface area contributed by atoms with Gasteiger partial charge in [-0.05, 0) is 35.4 Å². The third-order valence-electron chi connectivity index (χ3n) is 5.22. The van der Waals surface area contributed by atoms with E-state index in [9.17, 15) is 22.8 Å². The van der Waals surface area contributed by atoms with Crippen LogP contribution in [0.25, 0.3) is 22.1 Å². The van der Waals surface area contributed by atoms with Gasteiger partial charge >= 0.3 is 12.1 Å². The van der Waals surface area contributed by atoms with E-state index in [1.807, 2.05) is 0 Å². The van der Waals surface area contributed by atoms with Crippen LogP contribution in [0.5, 0.6) is 17.2 Å². The molecule has 3 aromatic carbocycles. The first-order valence-corrected chi connectivity index (χ1v) is 10.4. The SMILES string of the molecule is COc1ccc(-c2c(C(F)(F)F)oc3cc(OC(=O)Cc4ccccc4)ccc3c2=O)cc1OC. The van der Waals surface area contributed by atoms with Gasteiger partial charge in [0.2, 0.25) is 11.2 Å². The highest BCUT2D eigenvalue weighted by Crippen LogP contribution is 2.40. The van der Waals surface area contributed by atoms with Crippen LogP contribution in [0, 0.1) is 0 Å². The van der Waals surface area contributed by atoms with E-state index in [0.717, 1.165) is 6.07 Å². The first-order valence-electron chi connectivity index (χ1n) is 10.4. The van der Waals surface area contributed by atoms with E-state index in [4.69, 9.17) is 18.6 Å². The molecule has 4 aromatic rings. The topological polar surface area (TPSA) is 75.0 Å². The molecule has 0 saturated carbocycles. The van der Waals surface area contributed by atoms with Crippen LogP contribution in [0.1, 0.15) is 11.3 Å². The summed E-state index contributed by atoms with van der Waals surface area (Å²) in [6.07, 6.45) is -5.01. The summed E-state index contributed by atoms with van der Waals surface area (Å²) in [5.74, 6) is -1.70. The van der Waals surface area contributed by atoms with Crippen LogP contribution in [0.3, 0.4) is 0 Å². The molecule has 0 amide bonds. The molecule has 1 heterocycles. The Hall–Kier alpha value is -4.27. The van der Waals surface area contributed by atoms with Crippen molar-refractivity contribution in [3.8, 4) is 28.4 Å². The van der Waals surface area contributed by atoms with Crippen molar-refractivity contribution >= 4 is 16.9 Å². The highest BCUT2D eigenvalue weighted by molar-refractivity contribution is 5.85. The zero-order valence-electron chi connectivity index (χ0n) is 18.6. The van der Waals surface area contributed by atoms with Crippen molar-refractivity contribution in [3.05, 3.63) is 88.3 Å². The van der Waals surface area contributed by atoms with Gasteiger partial charge in [0, 0.05) is 6.07 Å². The number of benzene rings is 3. The van der Waals surface area contributed by atoms with Gasteiger partial charge in [-0.15, -0.1) is 0 Å². The predicted octanol–water partition coefficient (Wildman–Crippen LogP) is 5.64. The van der Waals surface area contributed by atoms with Crippen LogP contribution in [-0.4, -0.2) is 20.2 Å². The Bertz CT molecular complexity index is 1440. The lowest BCUT2D eigenvalue weighted by molar-refractivity contribution is -0.152. The zero-order valence-corrected chi connectivity index (χ0v) is 18.6. The normalized spacial score (nSPS) is 11.3. The van der Waals surface area contributed by atoms with Crippen LogP contribution in [0.4, 0.5) is 13.2 Å². The summed E-state index contributed by atoms with van der Waals surface area (Å²) in [5.41, 5.74) is -1.27. The molecule has 9 heteroatoms. The van der Waals surface area contributed by atoms with Crippen molar-refractivity contribution in [2.24, 2.45) is 0 Å². The number of halogens is 3. The number of fused-ring (bicyclic) bond motifs is 1. The largest absolute Gasteiger partial charge is 0.493 e. The number of rotatable bonds is 6. The maximum atomic E-state index is 13.9. The zero-order chi connectivity index (χ0) is 25.2. The fourth-order valence-corrected chi connectivity index (χ4v) is 3.62. The fraction of sp³-hybridized carbons (Fsp3) is 0.154. The highest BCUT2D eigenvalue weighted by atomic mass is 19.4. The van der Waals surface area contributed by atoms with Gasteiger partial charge < -0.3 is 18.6 Å². The number of esters is 1. The molecule has 0 radical (unpaired) electrons. The summed E-state index contributed by atoms with van der Waals surface area (Å²) >= 11 is 0. The molecule has 35 heavy (non-hydrogen) atoms. The summed E-state index contributed by atoms with van der Waals surface area (Å²) in [6.45, 7) is 0. The minimum atomic E-state index is -4.98. The number of carbonyl (C=O) groups excluding carboxylic acids is 1. The Balaban J connectivity index is 1.78. The Kier molecular flexibility index (Phi) is 6.50. The molecule has 6 nitrogen and oxygen atoms in total. The standard InChI is InChI=1S/C26H19F3O6/c1-32-19-11-8-16(13-21(19)33-2)23-24(31)18-10-9-17(14-20(18)35-25(23)26(27,28)29)34-22(30)12-15-6-4-3-5-7-15/h3-11,13-14H,12H2,1-2H3. The van der Waals surface area contributed by atoms with Crippen molar-refractivity contribution in [3.63, 3.8) is 0 Å². The van der Waals surface area contributed by atoms with E-state index in [-0.39, 0.29) is 40.2 Å². The molecule has 0 aliphatic rings. The van der Waals surface area contributed by atoms with Crippen molar-refractivity contribution in [2.45, 2.75) is 12.6 Å². The average Bonchev–Trinajstić information content (AvgIpc) is 2.83. The Labute approximate surface area is 197 Å². The first-order chi connectivity index (χ1) is 16.7. The average molecular weight is 484 g/mol. The molecule has 0 atom stereocenters. The summed E-state index contributed by atoms with van der Waals surface area (Å²) in [6, 6.07) is 16.5. The molecule has 0 bridgehead atoms. The molecular formula is C26H19F3O6. The molecule has 4 rings (SSSR count). The monoisotopic (exact) mass is 484 g/mol. The smallest absolute Gasteiger partial charge is 0.450 e. The maximum absolute atomic E-state index is 13.9. The van der Waals surface area contributed by atoms with Crippen LogP contribution in [0.2, 0.25) is 0 Å². The van der Waals surface area contributed by atoms with Crippen molar-refractivity contribution < 1.29 is 36.6 Å². The fourth-order valence-electron chi connectivity index (χ4n) is 3.62. The third-order valence-corrected chi connectivity index (χ3v) is 5.22. The van der Waals surface area contributed by atoms with Gasteiger partial charge in [-0.25, -0.2) is 0 Å². The summed E-state index contributed by atoms with van der Waals surface area (Å²) < 4.78 is 62.5. The second-order valence-electron chi connectivity index (χ2n) is 7.50. The van der Waals surface area contributed by atoms with Crippen molar-refractivity contribution in [1.82, 2.24) is 0 Å². The number of hydrogen-bond acceptors (Lipinski definition) is 6. The minimum absolute atomic E-state index is 0.0329. The van der Waals surface area contributed by atoms with Gasteiger partial charge in [0.15, 0.2) is 11.5 Å². The third kappa shape index (κ3) is 4.98. The van der Waals surface area contributed by atoms with Gasteiger partial charge in [0.25, 0.3) is 0 Å². The van der Waals surface area contributed by atoms with E-state index in [2.05, 4.69) is 0 Å². The molecule has 0 aliphatic heterocycles. The van der Waals surface area contributed by atoms with Crippen molar-refractivity contribution in [1.29, 1.82) is 0 Å². The molecule has 0 saturated heterocycles. The number of hydrogen-bond donors (Lipinski definition) is 0. The molecule has 0 spiro atoms. The maximum Gasteiger partial charge on any atom is 0.450 e. The van der Waals surface area contributed by atoms with E-state index in [1.165, 1.54) is 44.6 Å². The molecule has 0 unspecified atom stereocenters. The molecule has 1 aromatic heterocycles. The number of ether oxygens (including phenoxy) is 3. The lowest BCUT2D eigenvalue weighted by atomic mass is 10.0. The molecular weight excluding hydrogens is 465 g/mol. The summed E-state index contributed by atoms with van der Waals surface area (Å²) in [4.78, 5) is 25.4. The van der Waals surface area contributed by atoms with Crippen molar-refractivity contribution in [2.75, 3.05) is 14.2 Å². The molecule has 0 N–H and O–H groups in total. The Morgan fingerprint density at radius 1 is 0.914 bits per heavy atom. The van der Waals surface area contributed by atoms with E-state index >= 15 is 0 Å². The van der Waals surface area contributed by atoms with Gasteiger partial charge in [-0.2, -0.15) is 13.2 Å². The van der Waals surface area contributed by atoms with E-state index in [1.54, 1.807) is 30.3 Å². The lowest BCUT2D eigenvalue weighted by Crippen LogP contribution is -2.16. The summed E-state index contributed by atoms with van der Waals surface area (Å²) in [7, 11) is 2.71. The van der Waals surface area contributed by atoms with E-state index in [0.29, 0.717) is 5.56 Å². The van der Waals surface area contributed by atoms with Crippen LogP contribution < -0.4 is 19.6 Å². The first kappa shape index (κ1) is 23.9. The van der Waals surface area contributed by atoms with Crippen LogP contribution in [0.15, 0.2) is 75.9 Å². The van der Waals surface area contributed by atoms with Gasteiger partial charge in [-0.1, -0.05) is 36.4 Å². The van der Waals surface area contributed by atoms with E-state index < -0.39 is 28.9 Å². The molecule has 180 valence electrons. The Morgan fingerprint density at radius 2 is 1.63 bits per heavy atom. The lowest BCUT2D eigenvalue weighted by Gasteiger charge is -2.15. The van der Waals surface area contributed by atoms with Gasteiger partial charge in [-0.3, -0.25) is 9.59 Å². The Morgan fingerprint density at radius 3 is 2.29 bits per heavy atom. The van der Waals surface area contributed by atoms with Crippen LogP contribution in [-0.2, 0) is 17.4 Å². The number of carbonyl (C=O) groups is 1.